The third-order valence-corrected chi connectivity index (χ3v) is 2.73. The summed E-state index contributed by atoms with van der Waals surface area (Å²) in [7, 11) is 0. The minimum Gasteiger partial charge on any atom is -0.271 e. The van der Waals surface area contributed by atoms with E-state index in [2.05, 4.69) is 38.4 Å². The molecule has 1 nitrogen and oxygen atoms in total. The van der Waals surface area contributed by atoms with Crippen LogP contribution in [0.4, 0.5) is 0 Å². The van der Waals surface area contributed by atoms with Crippen molar-refractivity contribution in [1.29, 1.82) is 0 Å². The van der Waals surface area contributed by atoms with Gasteiger partial charge in [0.1, 0.15) is 12.4 Å². The van der Waals surface area contributed by atoms with Gasteiger partial charge in [-0.15, -0.1) is 0 Å². The molecule has 0 amide bonds. The van der Waals surface area contributed by atoms with Gasteiger partial charge in [0.2, 0.25) is 0 Å². The molecule has 0 fully saturated rings. The largest absolute Gasteiger partial charge is 0.271 e. The van der Waals surface area contributed by atoms with Gasteiger partial charge >= 0.3 is 0 Å². The topological polar surface area (TPSA) is 0 Å². The van der Waals surface area contributed by atoms with E-state index < -0.39 is 0 Å². The fraction of sp³-hybridized carbons (Fsp3) is 0.667. The number of hydrogen-bond donors (Lipinski definition) is 0. The van der Waals surface area contributed by atoms with Crippen LogP contribution in [0.25, 0.3) is 0 Å². The highest BCUT2D eigenvalue weighted by Crippen LogP contribution is 2.18. The molecular weight excluding hydrogens is 158 g/mol. The Morgan fingerprint density at radius 1 is 0.846 bits per heavy atom. The van der Waals surface area contributed by atoms with E-state index in [0.29, 0.717) is 0 Å². The van der Waals surface area contributed by atoms with Gasteiger partial charge in [-0.05, 0) is 25.0 Å². The summed E-state index contributed by atoms with van der Waals surface area (Å²) >= 11 is 0. The number of nitrogens with zero attached hydrogens (tertiary/aromatic N) is 1. The molecule has 0 saturated carbocycles. The lowest BCUT2D eigenvalue weighted by atomic mass is 10.2. The number of hydrogen-bond acceptors (Lipinski definition) is 0. The Hall–Kier alpha value is -0.560. The molecule has 0 aromatic heterocycles. The lowest BCUT2D eigenvalue weighted by molar-refractivity contribution is -0.826. The van der Waals surface area contributed by atoms with Crippen LogP contribution in [0.2, 0.25) is 0 Å². The number of allylic oxidation sites excluding steroid dienone is 2. The Morgan fingerprint density at radius 2 is 1.31 bits per heavy atom. The van der Waals surface area contributed by atoms with Gasteiger partial charge in [0.25, 0.3) is 0 Å². The molecular formula is C12H22N+. The molecule has 74 valence electrons. The lowest BCUT2D eigenvalue weighted by Gasteiger charge is -2.28. The zero-order valence-corrected chi connectivity index (χ0v) is 9.00. The monoisotopic (exact) mass is 180 g/mol. The van der Waals surface area contributed by atoms with Crippen molar-refractivity contribution in [2.75, 3.05) is 13.1 Å². The zero-order chi connectivity index (χ0) is 9.57. The summed E-state index contributed by atoms with van der Waals surface area (Å²) in [6.07, 6.45) is 14.3. The second kappa shape index (κ2) is 5.23. The summed E-state index contributed by atoms with van der Waals surface area (Å²) < 4.78 is 1.10. The van der Waals surface area contributed by atoms with Gasteiger partial charge in [-0.2, -0.15) is 0 Å². The first-order valence-corrected chi connectivity index (χ1v) is 5.56. The van der Waals surface area contributed by atoms with Crippen molar-refractivity contribution < 1.29 is 4.48 Å². The van der Waals surface area contributed by atoms with Crippen LogP contribution in [-0.2, 0) is 0 Å². The number of unbranched alkanes of at least 4 members (excludes halogenated alkanes) is 2. The summed E-state index contributed by atoms with van der Waals surface area (Å²) in [5.41, 5.74) is 0. The van der Waals surface area contributed by atoms with E-state index in [9.17, 15) is 0 Å². The lowest BCUT2D eigenvalue weighted by Crippen LogP contribution is -2.37. The van der Waals surface area contributed by atoms with Crippen LogP contribution in [-0.4, -0.2) is 17.6 Å². The van der Waals surface area contributed by atoms with Crippen molar-refractivity contribution in [2.24, 2.45) is 0 Å². The molecule has 0 aromatic carbocycles. The predicted molar refractivity (Wildman–Crippen MR) is 58.1 cm³/mol. The van der Waals surface area contributed by atoms with E-state index >= 15 is 0 Å². The van der Waals surface area contributed by atoms with Crippen LogP contribution >= 0.6 is 0 Å². The van der Waals surface area contributed by atoms with Gasteiger partial charge in [-0.25, -0.2) is 0 Å². The average molecular weight is 180 g/mol. The zero-order valence-electron chi connectivity index (χ0n) is 9.00. The molecule has 1 rings (SSSR count). The molecule has 13 heavy (non-hydrogen) atoms. The summed E-state index contributed by atoms with van der Waals surface area (Å²) in [6.45, 7) is 7.09. The van der Waals surface area contributed by atoms with Crippen LogP contribution in [0, 0.1) is 0 Å². The van der Waals surface area contributed by atoms with Crippen molar-refractivity contribution in [3.8, 4) is 0 Å². The van der Waals surface area contributed by atoms with E-state index in [1.54, 1.807) is 0 Å². The first kappa shape index (κ1) is 10.5. The van der Waals surface area contributed by atoms with E-state index in [1.165, 1.54) is 38.8 Å². The molecule has 0 N–H and O–H groups in total. The smallest absolute Gasteiger partial charge is 0.101 e. The highest BCUT2D eigenvalue weighted by molar-refractivity contribution is 5.03. The quantitative estimate of drug-likeness (QED) is 0.549. The summed E-state index contributed by atoms with van der Waals surface area (Å²) in [4.78, 5) is 0. The SMILES string of the molecule is CCCC[N+]1(CCCC)C=CC=C1. The molecule has 1 aliphatic heterocycles. The van der Waals surface area contributed by atoms with Gasteiger partial charge in [0.05, 0.1) is 13.1 Å². The van der Waals surface area contributed by atoms with Crippen LogP contribution in [0.5, 0.6) is 0 Å². The second-order valence-corrected chi connectivity index (χ2v) is 3.94. The Kier molecular flexibility index (Phi) is 4.23. The Morgan fingerprint density at radius 3 is 1.69 bits per heavy atom. The van der Waals surface area contributed by atoms with Crippen molar-refractivity contribution in [3.63, 3.8) is 0 Å². The Bertz CT molecular complexity index is 169. The standard InChI is InChI=1S/C12H22N/c1-3-5-9-13(10-6-4-2)11-7-8-12-13/h7-8,11-12H,3-6,9-10H2,1-2H3/q+1. The van der Waals surface area contributed by atoms with Crippen molar-refractivity contribution in [3.05, 3.63) is 24.6 Å². The van der Waals surface area contributed by atoms with Gasteiger partial charge in [-0.3, -0.25) is 4.48 Å². The molecule has 1 heterocycles. The maximum atomic E-state index is 2.34. The van der Waals surface area contributed by atoms with Crippen molar-refractivity contribution in [1.82, 2.24) is 0 Å². The third kappa shape index (κ3) is 3.00. The maximum absolute atomic E-state index is 2.34. The van der Waals surface area contributed by atoms with Gasteiger partial charge < -0.3 is 0 Å². The molecule has 0 radical (unpaired) electrons. The average Bonchev–Trinajstić information content (AvgIpc) is 2.61. The van der Waals surface area contributed by atoms with E-state index in [4.69, 9.17) is 0 Å². The molecule has 0 aliphatic carbocycles. The molecule has 1 heteroatoms. The second-order valence-electron chi connectivity index (χ2n) is 3.94. The molecule has 1 aliphatic rings. The fourth-order valence-corrected chi connectivity index (χ4v) is 1.81. The predicted octanol–water partition coefficient (Wildman–Crippen LogP) is 3.44. The molecule has 0 atom stereocenters. The molecule has 0 saturated heterocycles. The number of rotatable bonds is 6. The minimum atomic E-state index is 1.10. The van der Waals surface area contributed by atoms with Gasteiger partial charge in [-0.1, -0.05) is 26.7 Å². The van der Waals surface area contributed by atoms with Crippen LogP contribution in [0.15, 0.2) is 24.6 Å². The van der Waals surface area contributed by atoms with E-state index in [-0.39, 0.29) is 0 Å². The minimum absolute atomic E-state index is 1.10. The van der Waals surface area contributed by atoms with E-state index in [0.717, 1.165) is 4.48 Å². The molecule has 0 unspecified atom stereocenters. The van der Waals surface area contributed by atoms with Gasteiger partial charge in [0, 0.05) is 0 Å². The third-order valence-electron chi connectivity index (χ3n) is 2.73. The first-order chi connectivity index (χ1) is 6.33. The first-order valence-electron chi connectivity index (χ1n) is 5.56. The molecule has 0 aromatic rings. The molecule has 0 spiro atoms. The summed E-state index contributed by atoms with van der Waals surface area (Å²) in [5.74, 6) is 0. The normalized spacial score (nSPS) is 18.3. The van der Waals surface area contributed by atoms with Crippen LogP contribution in [0.3, 0.4) is 0 Å². The van der Waals surface area contributed by atoms with Crippen molar-refractivity contribution >= 4 is 0 Å². The fourth-order valence-electron chi connectivity index (χ4n) is 1.81. The maximum Gasteiger partial charge on any atom is 0.101 e. The highest BCUT2D eigenvalue weighted by atomic mass is 15.3. The number of quaternary nitrogens is 1. The highest BCUT2D eigenvalue weighted by Gasteiger charge is 2.22. The van der Waals surface area contributed by atoms with Gasteiger partial charge in [0.15, 0.2) is 0 Å². The van der Waals surface area contributed by atoms with Crippen LogP contribution < -0.4 is 0 Å². The Balaban J connectivity index is 2.44. The molecule has 0 bridgehead atoms. The summed E-state index contributed by atoms with van der Waals surface area (Å²) in [5, 5.41) is 0. The summed E-state index contributed by atoms with van der Waals surface area (Å²) in [6, 6.07) is 0. The van der Waals surface area contributed by atoms with Crippen molar-refractivity contribution in [2.45, 2.75) is 39.5 Å². The van der Waals surface area contributed by atoms with E-state index in [1.807, 2.05) is 0 Å². The Labute approximate surface area is 82.3 Å². The van der Waals surface area contributed by atoms with Crippen LogP contribution in [0.1, 0.15) is 39.5 Å².